The van der Waals surface area contributed by atoms with Gasteiger partial charge >= 0.3 is 0 Å². The van der Waals surface area contributed by atoms with Crippen molar-refractivity contribution in [2.75, 3.05) is 53.5 Å². The van der Waals surface area contributed by atoms with Gasteiger partial charge in [0.15, 0.2) is 5.96 Å². The van der Waals surface area contributed by atoms with Crippen LogP contribution < -0.4 is 10.1 Å². The number of amides is 1. The third kappa shape index (κ3) is 5.63. The number of hydrogen-bond acceptors (Lipinski definition) is 4. The number of piperazine rings is 1. The number of carbonyl (C=O) groups is 1. The molecule has 2 atom stereocenters. The van der Waals surface area contributed by atoms with Gasteiger partial charge in [0.2, 0.25) is 0 Å². The highest BCUT2D eigenvalue weighted by molar-refractivity contribution is 5.82. The van der Waals surface area contributed by atoms with Gasteiger partial charge in [-0.3, -0.25) is 9.79 Å². The maximum Gasteiger partial charge on any atom is 0.251 e. The van der Waals surface area contributed by atoms with E-state index in [-0.39, 0.29) is 12.0 Å². The first-order valence-electron chi connectivity index (χ1n) is 10.6. The summed E-state index contributed by atoms with van der Waals surface area (Å²) < 4.78 is 10.8. The predicted molar refractivity (Wildman–Crippen MR) is 115 cm³/mol. The molecule has 0 spiro atoms. The Labute approximate surface area is 174 Å². The fourth-order valence-electron chi connectivity index (χ4n) is 3.95. The lowest BCUT2D eigenvalue weighted by atomic mass is 9.98. The molecule has 0 bridgehead atoms. The second-order valence-corrected chi connectivity index (χ2v) is 7.75. The van der Waals surface area contributed by atoms with Crippen LogP contribution in [0.15, 0.2) is 29.3 Å². The highest BCUT2D eigenvalue weighted by Crippen LogP contribution is 2.21. The maximum absolute atomic E-state index is 12.5. The Hall–Kier alpha value is -2.28. The zero-order valence-corrected chi connectivity index (χ0v) is 17.9. The normalized spacial score (nSPS) is 21.2. The van der Waals surface area contributed by atoms with Gasteiger partial charge in [0, 0.05) is 46.4 Å². The van der Waals surface area contributed by atoms with Crippen LogP contribution in [0.2, 0.25) is 0 Å². The van der Waals surface area contributed by atoms with Crippen LogP contribution in [-0.2, 0) is 9.53 Å². The summed E-state index contributed by atoms with van der Waals surface area (Å²) in [6.45, 7) is 6.85. The molecule has 2 aliphatic rings. The van der Waals surface area contributed by atoms with E-state index in [1.165, 1.54) is 5.56 Å². The molecule has 0 saturated carbocycles. The molecule has 3 rings (SSSR count). The molecule has 2 unspecified atom stereocenters. The van der Waals surface area contributed by atoms with Gasteiger partial charge in [0.1, 0.15) is 11.9 Å². The Bertz CT molecular complexity index is 678. The molecule has 1 N–H and O–H groups in total. The summed E-state index contributed by atoms with van der Waals surface area (Å²) in [5, 5.41) is 3.48. The average Bonchev–Trinajstić information content (AvgIpc) is 3.31. The van der Waals surface area contributed by atoms with Crippen molar-refractivity contribution in [1.29, 1.82) is 0 Å². The first-order valence-corrected chi connectivity index (χ1v) is 10.6. The van der Waals surface area contributed by atoms with Gasteiger partial charge in [0.05, 0.1) is 7.11 Å². The third-order valence-electron chi connectivity index (χ3n) is 5.85. The number of guanidine groups is 1. The van der Waals surface area contributed by atoms with Gasteiger partial charge in [-0.25, -0.2) is 0 Å². The summed E-state index contributed by atoms with van der Waals surface area (Å²) in [7, 11) is 3.51. The average molecular weight is 403 g/mol. The number of methoxy groups -OCH3 is 1. The molecular weight excluding hydrogens is 368 g/mol. The monoisotopic (exact) mass is 402 g/mol. The number of hydrogen-bond donors (Lipinski definition) is 1. The van der Waals surface area contributed by atoms with Crippen LogP contribution >= 0.6 is 0 Å². The third-order valence-corrected chi connectivity index (χ3v) is 5.85. The van der Waals surface area contributed by atoms with E-state index >= 15 is 0 Å². The maximum atomic E-state index is 12.5. The molecule has 1 aromatic rings. The zero-order valence-electron chi connectivity index (χ0n) is 17.9. The highest BCUT2D eigenvalue weighted by atomic mass is 16.5. The summed E-state index contributed by atoms with van der Waals surface area (Å²) >= 11 is 0. The summed E-state index contributed by atoms with van der Waals surface area (Å²) in [4.78, 5) is 21.1. The zero-order chi connectivity index (χ0) is 20.6. The van der Waals surface area contributed by atoms with Gasteiger partial charge < -0.3 is 24.6 Å². The van der Waals surface area contributed by atoms with E-state index in [9.17, 15) is 4.79 Å². The molecular formula is C22H34N4O3. The van der Waals surface area contributed by atoms with E-state index in [2.05, 4.69) is 34.3 Å². The van der Waals surface area contributed by atoms with Crippen molar-refractivity contribution in [3.63, 3.8) is 0 Å². The number of rotatable bonds is 6. The molecule has 0 radical (unpaired) electrons. The number of ether oxygens (including phenoxy) is 2. The Morgan fingerprint density at radius 2 is 1.93 bits per heavy atom. The van der Waals surface area contributed by atoms with E-state index in [0.717, 1.165) is 63.7 Å². The number of aliphatic imine (C=N–C) groups is 1. The van der Waals surface area contributed by atoms with Gasteiger partial charge in [-0.15, -0.1) is 0 Å². The minimum atomic E-state index is -0.224. The van der Waals surface area contributed by atoms with E-state index in [4.69, 9.17) is 9.47 Å². The van der Waals surface area contributed by atoms with Crippen molar-refractivity contribution in [2.24, 2.45) is 4.99 Å². The Morgan fingerprint density at radius 1 is 1.24 bits per heavy atom. The van der Waals surface area contributed by atoms with Gasteiger partial charge in [-0.05, 0) is 42.9 Å². The van der Waals surface area contributed by atoms with E-state index in [1.54, 1.807) is 7.11 Å². The summed E-state index contributed by atoms with van der Waals surface area (Å²) in [6.07, 6.45) is 2.64. The van der Waals surface area contributed by atoms with Crippen LogP contribution in [0.3, 0.4) is 0 Å². The second kappa shape index (κ2) is 10.5. The molecule has 0 aromatic heterocycles. The van der Waals surface area contributed by atoms with Crippen molar-refractivity contribution < 1.29 is 14.3 Å². The van der Waals surface area contributed by atoms with Gasteiger partial charge in [-0.1, -0.05) is 19.1 Å². The second-order valence-electron chi connectivity index (χ2n) is 7.75. The lowest BCUT2D eigenvalue weighted by molar-refractivity contribution is -0.142. The predicted octanol–water partition coefficient (Wildman–Crippen LogP) is 2.09. The number of nitrogens with zero attached hydrogens (tertiary/aromatic N) is 3. The van der Waals surface area contributed by atoms with Crippen LogP contribution in [0.5, 0.6) is 5.75 Å². The molecule has 0 aliphatic carbocycles. The van der Waals surface area contributed by atoms with Crippen LogP contribution in [0.25, 0.3) is 0 Å². The van der Waals surface area contributed by atoms with Crippen LogP contribution in [0, 0.1) is 0 Å². The fourth-order valence-corrected chi connectivity index (χ4v) is 3.95. The summed E-state index contributed by atoms with van der Waals surface area (Å²) in [5.74, 6) is 2.40. The largest absolute Gasteiger partial charge is 0.497 e. The molecule has 2 saturated heterocycles. The first-order chi connectivity index (χ1) is 14.1. The number of carbonyl (C=O) groups excluding carboxylic acids is 1. The first kappa shape index (κ1) is 21.4. The molecule has 2 heterocycles. The van der Waals surface area contributed by atoms with Crippen molar-refractivity contribution in [3.05, 3.63) is 29.8 Å². The number of benzene rings is 1. The summed E-state index contributed by atoms with van der Waals surface area (Å²) in [6, 6.07) is 8.27. The topological polar surface area (TPSA) is 66.4 Å². The summed E-state index contributed by atoms with van der Waals surface area (Å²) in [5.41, 5.74) is 1.31. The van der Waals surface area contributed by atoms with Crippen LogP contribution in [0.1, 0.15) is 37.7 Å². The van der Waals surface area contributed by atoms with Crippen molar-refractivity contribution in [1.82, 2.24) is 15.1 Å². The van der Waals surface area contributed by atoms with E-state index in [0.29, 0.717) is 12.5 Å². The molecule has 1 aromatic carbocycles. The minimum absolute atomic E-state index is 0.151. The Balaban J connectivity index is 1.41. The standard InChI is InChI=1S/C22H34N4O3/c1-17(18-6-8-19(28-3)9-7-18)10-11-24-22(23-2)26-14-12-25(13-15-26)21(27)20-5-4-16-29-20/h6-9,17,20H,4-5,10-16H2,1-3H3,(H,23,24). The molecule has 29 heavy (non-hydrogen) atoms. The van der Waals surface area contributed by atoms with Crippen molar-refractivity contribution in [3.8, 4) is 5.75 Å². The van der Waals surface area contributed by atoms with Gasteiger partial charge in [0.25, 0.3) is 5.91 Å². The van der Waals surface area contributed by atoms with E-state index in [1.807, 2.05) is 24.1 Å². The molecule has 2 fully saturated rings. The van der Waals surface area contributed by atoms with Crippen LogP contribution in [0.4, 0.5) is 0 Å². The molecule has 160 valence electrons. The smallest absolute Gasteiger partial charge is 0.251 e. The quantitative estimate of drug-likeness (QED) is 0.583. The van der Waals surface area contributed by atoms with Gasteiger partial charge in [-0.2, -0.15) is 0 Å². The van der Waals surface area contributed by atoms with Crippen molar-refractivity contribution >= 4 is 11.9 Å². The minimum Gasteiger partial charge on any atom is -0.497 e. The molecule has 7 heteroatoms. The van der Waals surface area contributed by atoms with Crippen LogP contribution in [-0.4, -0.2) is 81.3 Å². The fraction of sp³-hybridized carbons (Fsp3) is 0.636. The molecule has 2 aliphatic heterocycles. The SMILES string of the molecule is CN=C(NCCC(C)c1ccc(OC)cc1)N1CCN(C(=O)C2CCCO2)CC1. The Morgan fingerprint density at radius 3 is 2.52 bits per heavy atom. The Kier molecular flexibility index (Phi) is 7.75. The van der Waals surface area contributed by atoms with Crippen molar-refractivity contribution in [2.45, 2.75) is 38.2 Å². The lowest BCUT2D eigenvalue weighted by Gasteiger charge is -2.37. The van der Waals surface area contributed by atoms with E-state index < -0.39 is 0 Å². The molecule has 7 nitrogen and oxygen atoms in total. The highest BCUT2D eigenvalue weighted by Gasteiger charge is 2.30. The number of nitrogens with one attached hydrogen (secondary N) is 1. The lowest BCUT2D eigenvalue weighted by Crippen LogP contribution is -2.55. The molecule has 1 amide bonds.